The van der Waals surface area contributed by atoms with Crippen molar-refractivity contribution in [2.75, 3.05) is 47.3 Å². The zero-order valence-corrected chi connectivity index (χ0v) is 7.75. The fourth-order valence-electron chi connectivity index (χ4n) is 0.537. The Hall–Kier alpha value is -0.160. The zero-order valence-electron chi connectivity index (χ0n) is 7.75. The van der Waals surface area contributed by atoms with Crippen LogP contribution in [0.4, 0.5) is 0 Å². The molecule has 12 heavy (non-hydrogen) atoms. The van der Waals surface area contributed by atoms with E-state index in [9.17, 15) is 0 Å². The summed E-state index contributed by atoms with van der Waals surface area (Å²) in [5.41, 5.74) is 0. The van der Waals surface area contributed by atoms with E-state index in [2.05, 4.69) is 0 Å². The van der Waals surface area contributed by atoms with Crippen molar-refractivity contribution in [3.05, 3.63) is 6.61 Å². The number of hydrogen-bond acceptors (Lipinski definition) is 4. The normalized spacial score (nSPS) is 10.5. The summed E-state index contributed by atoms with van der Waals surface area (Å²) in [6.45, 7) is 4.51. The highest BCUT2D eigenvalue weighted by Gasteiger charge is 1.81. The topological polar surface area (TPSA) is 36.9 Å². The fourth-order valence-corrected chi connectivity index (χ4v) is 0.537. The molecule has 0 N–H and O–H groups in total. The third-order valence-electron chi connectivity index (χ3n) is 1.14. The second kappa shape index (κ2) is 10.8. The second-order valence-electron chi connectivity index (χ2n) is 2.10. The van der Waals surface area contributed by atoms with Crippen LogP contribution in [-0.4, -0.2) is 47.3 Å². The third-order valence-corrected chi connectivity index (χ3v) is 1.14. The molecule has 0 aliphatic heterocycles. The Morgan fingerprint density at radius 1 is 0.917 bits per heavy atom. The number of methoxy groups -OCH3 is 2. The molecule has 0 unspecified atom stereocenters. The Morgan fingerprint density at radius 3 is 2.25 bits per heavy atom. The number of ether oxygens (including phenoxy) is 4. The lowest BCUT2D eigenvalue weighted by Gasteiger charge is -2.14. The van der Waals surface area contributed by atoms with Gasteiger partial charge in [0.1, 0.15) is 0 Å². The first kappa shape index (κ1) is 11.8. The molecule has 74 valence electrons. The molecule has 0 aromatic carbocycles. The quantitative estimate of drug-likeness (QED) is 0.379. The Labute approximate surface area is 73.7 Å². The third kappa shape index (κ3) is 9.84. The van der Waals surface area contributed by atoms with Gasteiger partial charge in [0, 0.05) is 20.8 Å². The Balaban J connectivity index is 2.73. The van der Waals surface area contributed by atoms with Gasteiger partial charge in [-0.1, -0.05) is 6.61 Å². The van der Waals surface area contributed by atoms with Crippen LogP contribution < -0.4 is 0 Å². The van der Waals surface area contributed by atoms with Crippen molar-refractivity contribution in [2.45, 2.75) is 0 Å². The van der Waals surface area contributed by atoms with E-state index in [0.717, 1.165) is 0 Å². The highest BCUT2D eigenvalue weighted by Crippen LogP contribution is 1.84. The molecular formula is C8H17O4-. The van der Waals surface area contributed by atoms with Crippen LogP contribution in [-0.2, 0) is 18.9 Å². The Bertz CT molecular complexity index is 67.5. The summed E-state index contributed by atoms with van der Waals surface area (Å²) in [4.78, 5) is 0. The molecule has 0 fully saturated rings. The molecule has 0 atom stereocenters. The molecule has 4 heteroatoms. The molecule has 0 heterocycles. The van der Waals surface area contributed by atoms with Crippen LogP contribution in [0.5, 0.6) is 0 Å². The molecule has 0 aromatic rings. The monoisotopic (exact) mass is 177 g/mol. The smallest absolute Gasteiger partial charge is 0.0695 e. The van der Waals surface area contributed by atoms with Crippen LogP contribution in [0, 0.1) is 6.61 Å². The first-order chi connectivity index (χ1) is 5.91. The summed E-state index contributed by atoms with van der Waals surface area (Å²) < 4.78 is 19.7. The van der Waals surface area contributed by atoms with Crippen molar-refractivity contribution in [3.63, 3.8) is 0 Å². The standard InChI is InChI=1S/C8H17O4/c1-9-3-5-11-7-8-12-6-4-10-2/h7H,3-6,8H2,1-2H3/q-1. The lowest BCUT2D eigenvalue weighted by molar-refractivity contribution is 0.0411. The summed E-state index contributed by atoms with van der Waals surface area (Å²) in [5.74, 6) is 0. The maximum Gasteiger partial charge on any atom is 0.0695 e. The molecular weight excluding hydrogens is 160 g/mol. The second-order valence-corrected chi connectivity index (χ2v) is 2.10. The van der Waals surface area contributed by atoms with Crippen molar-refractivity contribution in [1.29, 1.82) is 0 Å². The highest BCUT2D eigenvalue weighted by atomic mass is 16.5. The lowest BCUT2D eigenvalue weighted by Crippen LogP contribution is -2.06. The number of rotatable bonds is 9. The minimum absolute atomic E-state index is 0.493. The SMILES string of the molecule is COCCO[CH-]COCCOC. The van der Waals surface area contributed by atoms with E-state index in [1.807, 2.05) is 0 Å². The van der Waals surface area contributed by atoms with Crippen LogP contribution in [0.3, 0.4) is 0 Å². The van der Waals surface area contributed by atoms with Crippen LogP contribution in [0.15, 0.2) is 0 Å². The molecule has 0 saturated heterocycles. The van der Waals surface area contributed by atoms with Gasteiger partial charge in [-0.15, -0.1) is 0 Å². The van der Waals surface area contributed by atoms with Gasteiger partial charge in [0.05, 0.1) is 19.8 Å². The van der Waals surface area contributed by atoms with Crippen molar-refractivity contribution in [1.82, 2.24) is 0 Å². The van der Waals surface area contributed by atoms with Crippen molar-refractivity contribution < 1.29 is 18.9 Å². The fraction of sp³-hybridized carbons (Fsp3) is 0.875. The van der Waals surface area contributed by atoms with E-state index in [1.165, 1.54) is 0 Å². The van der Waals surface area contributed by atoms with Gasteiger partial charge in [0.2, 0.25) is 0 Å². The summed E-state index contributed by atoms with van der Waals surface area (Å²) in [5, 5.41) is 0. The largest absolute Gasteiger partial charge is 0.548 e. The molecule has 0 spiro atoms. The molecule has 0 aliphatic rings. The first-order valence-corrected chi connectivity index (χ1v) is 3.90. The molecule has 0 radical (unpaired) electrons. The minimum Gasteiger partial charge on any atom is -0.548 e. The summed E-state index contributed by atoms with van der Waals surface area (Å²) in [7, 11) is 3.28. The van der Waals surface area contributed by atoms with E-state index in [-0.39, 0.29) is 0 Å². The van der Waals surface area contributed by atoms with E-state index in [0.29, 0.717) is 33.0 Å². The van der Waals surface area contributed by atoms with Crippen molar-refractivity contribution >= 4 is 0 Å². The van der Waals surface area contributed by atoms with Crippen molar-refractivity contribution in [3.8, 4) is 0 Å². The van der Waals surface area contributed by atoms with Crippen LogP contribution >= 0.6 is 0 Å². The van der Waals surface area contributed by atoms with Gasteiger partial charge in [0.15, 0.2) is 0 Å². The van der Waals surface area contributed by atoms with Gasteiger partial charge in [-0.05, 0) is 0 Å². The van der Waals surface area contributed by atoms with E-state index in [4.69, 9.17) is 18.9 Å². The van der Waals surface area contributed by atoms with Gasteiger partial charge >= 0.3 is 0 Å². The highest BCUT2D eigenvalue weighted by molar-refractivity contribution is 4.46. The average Bonchev–Trinajstić information content (AvgIpc) is 2.10. The molecule has 0 aliphatic carbocycles. The first-order valence-electron chi connectivity index (χ1n) is 3.90. The maximum atomic E-state index is 5.11. The van der Waals surface area contributed by atoms with Gasteiger partial charge in [-0.2, -0.15) is 6.61 Å². The predicted octanol–water partition coefficient (Wildman–Crippen LogP) is 0.474. The minimum atomic E-state index is 0.493. The van der Waals surface area contributed by atoms with E-state index >= 15 is 0 Å². The predicted molar refractivity (Wildman–Crippen MR) is 44.8 cm³/mol. The Morgan fingerprint density at radius 2 is 1.58 bits per heavy atom. The molecule has 0 rings (SSSR count). The summed E-state index contributed by atoms with van der Waals surface area (Å²) >= 11 is 0. The van der Waals surface area contributed by atoms with Gasteiger partial charge in [-0.3, -0.25) is 0 Å². The molecule has 0 bridgehead atoms. The molecule has 0 saturated carbocycles. The van der Waals surface area contributed by atoms with E-state index < -0.39 is 0 Å². The average molecular weight is 177 g/mol. The van der Waals surface area contributed by atoms with Crippen molar-refractivity contribution in [2.24, 2.45) is 0 Å². The Kier molecular flexibility index (Phi) is 10.7. The maximum absolute atomic E-state index is 5.11. The molecule has 0 amide bonds. The number of hydrogen-bond donors (Lipinski definition) is 0. The van der Waals surface area contributed by atoms with Gasteiger partial charge < -0.3 is 18.9 Å². The lowest BCUT2D eigenvalue weighted by atomic mass is 10.7. The van der Waals surface area contributed by atoms with Crippen LogP contribution in [0.1, 0.15) is 0 Å². The summed E-state index contributed by atoms with van der Waals surface area (Å²) in [6, 6.07) is 0. The van der Waals surface area contributed by atoms with Gasteiger partial charge in [0.25, 0.3) is 0 Å². The zero-order chi connectivity index (χ0) is 9.07. The van der Waals surface area contributed by atoms with Gasteiger partial charge in [-0.25, -0.2) is 0 Å². The van der Waals surface area contributed by atoms with Crippen LogP contribution in [0.25, 0.3) is 0 Å². The van der Waals surface area contributed by atoms with Crippen LogP contribution in [0.2, 0.25) is 0 Å². The summed E-state index contributed by atoms with van der Waals surface area (Å²) in [6.07, 6.45) is 0. The molecule has 4 nitrogen and oxygen atoms in total. The van der Waals surface area contributed by atoms with E-state index in [1.54, 1.807) is 20.8 Å². The molecule has 0 aromatic heterocycles.